The molecular weight excluding hydrogens is 133 g/mol. The van der Waals surface area contributed by atoms with Crippen LogP contribution >= 0.6 is 0 Å². The molecule has 0 saturated carbocycles. The second kappa shape index (κ2) is 1.76. The van der Waals surface area contributed by atoms with Crippen molar-refractivity contribution in [3.05, 3.63) is 30.5 Å². The molecule has 0 atom stereocenters. The van der Waals surface area contributed by atoms with Gasteiger partial charge in [-0.05, 0) is 6.07 Å². The van der Waals surface area contributed by atoms with Crippen LogP contribution in [-0.4, -0.2) is 14.6 Å². The summed E-state index contributed by atoms with van der Waals surface area (Å²) >= 11 is 0. The molecule has 2 aromatic heterocycles. The van der Waals surface area contributed by atoms with E-state index in [-0.39, 0.29) is 11.5 Å². The van der Waals surface area contributed by atoms with Gasteiger partial charge in [0.25, 0.3) is 0 Å². The van der Waals surface area contributed by atoms with Crippen LogP contribution in [-0.2, 0) is 0 Å². The summed E-state index contributed by atoms with van der Waals surface area (Å²) in [5.74, 6) is -0.388. The van der Waals surface area contributed by atoms with Gasteiger partial charge in [0.1, 0.15) is 0 Å². The molecule has 0 saturated heterocycles. The van der Waals surface area contributed by atoms with E-state index < -0.39 is 0 Å². The van der Waals surface area contributed by atoms with Gasteiger partial charge in [0.05, 0.1) is 6.20 Å². The van der Waals surface area contributed by atoms with Gasteiger partial charge in [-0.1, -0.05) is 0 Å². The Bertz CT molecular complexity index is 355. The van der Waals surface area contributed by atoms with Crippen LogP contribution in [0, 0.1) is 5.82 Å². The van der Waals surface area contributed by atoms with E-state index in [2.05, 4.69) is 10.1 Å². The molecule has 0 unspecified atom stereocenters. The molecule has 2 aromatic rings. The van der Waals surface area contributed by atoms with Gasteiger partial charge in [0.2, 0.25) is 0 Å². The van der Waals surface area contributed by atoms with Crippen molar-refractivity contribution in [3.8, 4) is 0 Å². The van der Waals surface area contributed by atoms with E-state index in [0.29, 0.717) is 0 Å². The summed E-state index contributed by atoms with van der Waals surface area (Å²) in [6, 6.07) is 1.69. The number of aromatic nitrogens is 3. The molecule has 0 bridgehead atoms. The predicted octanol–water partition coefficient (Wildman–Crippen LogP) is 0.868. The number of fused-ring (bicyclic) bond motifs is 1. The van der Waals surface area contributed by atoms with Crippen LogP contribution in [0.1, 0.15) is 0 Å². The van der Waals surface area contributed by atoms with Gasteiger partial charge in [0, 0.05) is 12.4 Å². The van der Waals surface area contributed by atoms with Crippen LogP contribution in [0.25, 0.3) is 5.65 Å². The molecule has 0 aliphatic heterocycles. The van der Waals surface area contributed by atoms with Crippen LogP contribution in [0.2, 0.25) is 0 Å². The van der Waals surface area contributed by atoms with Crippen molar-refractivity contribution in [3.63, 3.8) is 0 Å². The Labute approximate surface area is 56.1 Å². The third-order valence-corrected chi connectivity index (χ3v) is 1.24. The molecule has 0 N–H and O–H groups in total. The fourth-order valence-electron chi connectivity index (χ4n) is 0.798. The van der Waals surface area contributed by atoms with E-state index in [4.69, 9.17) is 0 Å². The largest absolute Gasteiger partial charge is 0.234 e. The van der Waals surface area contributed by atoms with Crippen LogP contribution in [0.3, 0.4) is 0 Å². The molecule has 0 fully saturated rings. The van der Waals surface area contributed by atoms with Crippen molar-refractivity contribution in [1.29, 1.82) is 0 Å². The van der Waals surface area contributed by atoms with E-state index in [0.717, 1.165) is 6.20 Å². The third-order valence-electron chi connectivity index (χ3n) is 1.24. The first-order valence-corrected chi connectivity index (χ1v) is 2.82. The Morgan fingerprint density at radius 1 is 1.50 bits per heavy atom. The van der Waals surface area contributed by atoms with Crippen molar-refractivity contribution in [2.45, 2.75) is 0 Å². The molecule has 0 aromatic carbocycles. The van der Waals surface area contributed by atoms with E-state index in [1.807, 2.05) is 0 Å². The van der Waals surface area contributed by atoms with Crippen molar-refractivity contribution < 1.29 is 4.39 Å². The Hall–Kier alpha value is -1.45. The zero-order valence-electron chi connectivity index (χ0n) is 5.03. The Kier molecular flexibility index (Phi) is 0.943. The van der Waals surface area contributed by atoms with Crippen molar-refractivity contribution in [2.75, 3.05) is 0 Å². The number of rotatable bonds is 0. The third kappa shape index (κ3) is 0.586. The Morgan fingerprint density at radius 2 is 2.40 bits per heavy atom. The molecule has 0 spiro atoms. The minimum absolute atomic E-state index is 0.266. The summed E-state index contributed by atoms with van der Waals surface area (Å²) in [6.07, 6.45) is 4.31. The van der Waals surface area contributed by atoms with Gasteiger partial charge in [-0.3, -0.25) is 0 Å². The summed E-state index contributed by atoms with van der Waals surface area (Å²) in [5.41, 5.74) is 0.266. The van der Waals surface area contributed by atoms with E-state index in [1.165, 1.54) is 10.7 Å². The molecular formula is C6H4FN3. The minimum atomic E-state index is -0.388. The fourth-order valence-corrected chi connectivity index (χ4v) is 0.798. The number of nitrogens with zero attached hydrogens (tertiary/aromatic N) is 3. The molecule has 2 rings (SSSR count). The molecule has 0 radical (unpaired) electrons. The van der Waals surface area contributed by atoms with E-state index in [9.17, 15) is 4.39 Å². The number of hydrogen-bond acceptors (Lipinski definition) is 2. The topological polar surface area (TPSA) is 30.2 Å². The lowest BCUT2D eigenvalue weighted by atomic mass is 10.6. The molecule has 2 heterocycles. The molecule has 4 heteroatoms. The lowest BCUT2D eigenvalue weighted by Gasteiger charge is -1.86. The average molecular weight is 137 g/mol. The van der Waals surface area contributed by atoms with E-state index in [1.54, 1.807) is 12.3 Å². The number of halogens is 1. The first-order valence-electron chi connectivity index (χ1n) is 2.82. The quantitative estimate of drug-likeness (QED) is 0.539. The standard InChI is InChI=1S/C6H4FN3/c7-5-4-9-10-3-1-2-8-6(5)10/h1-4H. The lowest BCUT2D eigenvalue weighted by Crippen LogP contribution is -1.86. The molecule has 3 nitrogen and oxygen atoms in total. The van der Waals surface area contributed by atoms with Crippen LogP contribution in [0.4, 0.5) is 4.39 Å². The van der Waals surface area contributed by atoms with Crippen molar-refractivity contribution >= 4 is 5.65 Å². The van der Waals surface area contributed by atoms with Crippen molar-refractivity contribution in [2.24, 2.45) is 0 Å². The first-order chi connectivity index (χ1) is 4.88. The van der Waals surface area contributed by atoms with Gasteiger partial charge in [0.15, 0.2) is 11.5 Å². The van der Waals surface area contributed by atoms with Gasteiger partial charge in [-0.15, -0.1) is 0 Å². The second-order valence-corrected chi connectivity index (χ2v) is 1.88. The maximum Gasteiger partial charge on any atom is 0.191 e. The van der Waals surface area contributed by atoms with Gasteiger partial charge < -0.3 is 0 Å². The summed E-state index contributed by atoms with van der Waals surface area (Å²) in [5, 5.41) is 3.70. The molecule has 0 amide bonds. The summed E-state index contributed by atoms with van der Waals surface area (Å²) in [4.78, 5) is 3.77. The fraction of sp³-hybridized carbons (Fsp3) is 0. The van der Waals surface area contributed by atoms with E-state index >= 15 is 0 Å². The van der Waals surface area contributed by atoms with Crippen LogP contribution in [0.15, 0.2) is 24.7 Å². The van der Waals surface area contributed by atoms with Gasteiger partial charge in [-0.2, -0.15) is 5.10 Å². The zero-order valence-corrected chi connectivity index (χ0v) is 5.03. The van der Waals surface area contributed by atoms with Crippen LogP contribution < -0.4 is 0 Å². The highest BCUT2D eigenvalue weighted by atomic mass is 19.1. The van der Waals surface area contributed by atoms with Gasteiger partial charge >= 0.3 is 0 Å². The normalized spacial score (nSPS) is 10.5. The number of hydrogen-bond donors (Lipinski definition) is 0. The Balaban J connectivity index is 2.93. The Morgan fingerprint density at radius 3 is 3.20 bits per heavy atom. The average Bonchev–Trinajstić information content (AvgIpc) is 2.34. The molecule has 50 valence electrons. The SMILES string of the molecule is Fc1cnn2cccnc12. The smallest absolute Gasteiger partial charge is 0.191 e. The summed E-state index contributed by atoms with van der Waals surface area (Å²) in [7, 11) is 0. The summed E-state index contributed by atoms with van der Waals surface area (Å²) in [6.45, 7) is 0. The second-order valence-electron chi connectivity index (χ2n) is 1.88. The summed E-state index contributed by atoms with van der Waals surface area (Å²) < 4.78 is 14.0. The minimum Gasteiger partial charge on any atom is -0.234 e. The highest BCUT2D eigenvalue weighted by Crippen LogP contribution is 2.02. The molecule has 0 aliphatic carbocycles. The first kappa shape index (κ1) is 5.34. The van der Waals surface area contributed by atoms with Crippen molar-refractivity contribution in [1.82, 2.24) is 14.6 Å². The monoisotopic (exact) mass is 137 g/mol. The molecule has 10 heavy (non-hydrogen) atoms. The predicted molar refractivity (Wildman–Crippen MR) is 32.9 cm³/mol. The maximum absolute atomic E-state index is 12.6. The zero-order chi connectivity index (χ0) is 6.97. The maximum atomic E-state index is 12.6. The lowest BCUT2D eigenvalue weighted by molar-refractivity contribution is 0.636. The highest BCUT2D eigenvalue weighted by molar-refractivity contribution is 5.36. The highest BCUT2D eigenvalue weighted by Gasteiger charge is 2.00. The molecule has 0 aliphatic rings. The van der Waals surface area contributed by atoms with Gasteiger partial charge in [-0.25, -0.2) is 13.9 Å². The van der Waals surface area contributed by atoms with Crippen LogP contribution in [0.5, 0.6) is 0 Å².